The van der Waals surface area contributed by atoms with Crippen molar-refractivity contribution >= 4 is 11.9 Å². The maximum atomic E-state index is 11.1. The smallest absolute Gasteiger partial charge is 0.337 e. The van der Waals surface area contributed by atoms with Crippen LogP contribution in [0.25, 0.3) is 0 Å². The van der Waals surface area contributed by atoms with E-state index in [1.54, 1.807) is 20.8 Å². The highest BCUT2D eigenvalue weighted by atomic mass is 16.7. The maximum absolute atomic E-state index is 11.1. The summed E-state index contributed by atoms with van der Waals surface area (Å²) in [5.74, 6) is -0.972. The molecule has 0 bridgehead atoms. The van der Waals surface area contributed by atoms with Crippen molar-refractivity contribution in [3.63, 3.8) is 0 Å². The summed E-state index contributed by atoms with van der Waals surface area (Å²) in [5, 5.41) is 0. The minimum absolute atomic E-state index is 0.293. The summed E-state index contributed by atoms with van der Waals surface area (Å²) in [4.78, 5) is 26.5. The average Bonchev–Trinajstić information content (AvgIpc) is 1.97. The Morgan fingerprint density at radius 1 is 1.31 bits per heavy atom. The van der Waals surface area contributed by atoms with Gasteiger partial charge >= 0.3 is 5.97 Å². The first-order valence-electron chi connectivity index (χ1n) is 3.92. The van der Waals surface area contributed by atoms with E-state index in [-0.39, 0.29) is 0 Å². The molecule has 0 saturated heterocycles. The first-order chi connectivity index (χ1) is 5.75. The lowest BCUT2D eigenvalue weighted by atomic mass is 9.98. The maximum Gasteiger partial charge on any atom is 0.337 e. The number of amides is 1. The SMILES string of the molecule is C=C(C)C(=O)NOC(=O)C(C)(C)C. The van der Waals surface area contributed by atoms with Crippen molar-refractivity contribution in [2.24, 2.45) is 5.41 Å². The number of carbonyl (C=O) groups excluding carboxylic acids is 2. The van der Waals surface area contributed by atoms with Crippen LogP contribution in [0.2, 0.25) is 0 Å². The molecule has 0 spiro atoms. The highest BCUT2D eigenvalue weighted by Crippen LogP contribution is 2.14. The molecule has 4 nitrogen and oxygen atoms in total. The minimum Gasteiger partial charge on any atom is -0.340 e. The lowest BCUT2D eigenvalue weighted by molar-refractivity contribution is -0.164. The molecule has 0 aliphatic rings. The number of hydroxylamine groups is 1. The molecule has 0 aliphatic heterocycles. The molecule has 1 amide bonds. The minimum atomic E-state index is -0.623. The van der Waals surface area contributed by atoms with Crippen LogP contribution in [0, 0.1) is 5.41 Å². The Bertz CT molecular complexity index is 238. The van der Waals surface area contributed by atoms with Gasteiger partial charge in [-0.15, -0.1) is 0 Å². The van der Waals surface area contributed by atoms with Gasteiger partial charge in [-0.3, -0.25) is 4.79 Å². The van der Waals surface area contributed by atoms with E-state index in [9.17, 15) is 9.59 Å². The van der Waals surface area contributed by atoms with Gasteiger partial charge in [0.05, 0.1) is 5.41 Å². The van der Waals surface area contributed by atoms with Gasteiger partial charge in [0.2, 0.25) is 0 Å². The molecule has 0 radical (unpaired) electrons. The van der Waals surface area contributed by atoms with Crippen LogP contribution in [0.5, 0.6) is 0 Å². The monoisotopic (exact) mass is 185 g/mol. The van der Waals surface area contributed by atoms with Crippen LogP contribution < -0.4 is 5.48 Å². The Morgan fingerprint density at radius 2 is 1.77 bits per heavy atom. The lowest BCUT2D eigenvalue weighted by Gasteiger charge is -2.15. The second-order valence-electron chi connectivity index (χ2n) is 3.85. The molecule has 0 aromatic heterocycles. The molecular formula is C9H15NO3. The first-order valence-corrected chi connectivity index (χ1v) is 3.92. The van der Waals surface area contributed by atoms with E-state index in [1.165, 1.54) is 6.92 Å². The molecule has 0 aromatic rings. The Kier molecular flexibility index (Phi) is 3.66. The molecule has 4 heteroatoms. The fourth-order valence-electron chi connectivity index (χ4n) is 0.333. The van der Waals surface area contributed by atoms with Crippen LogP contribution in [0.4, 0.5) is 0 Å². The Morgan fingerprint density at radius 3 is 2.08 bits per heavy atom. The van der Waals surface area contributed by atoms with Gasteiger partial charge in [0, 0.05) is 5.57 Å². The van der Waals surface area contributed by atoms with E-state index in [0.29, 0.717) is 5.57 Å². The predicted octanol–water partition coefficient (Wildman–Crippen LogP) is 1.18. The van der Waals surface area contributed by atoms with Gasteiger partial charge in [-0.1, -0.05) is 6.58 Å². The highest BCUT2D eigenvalue weighted by molar-refractivity contribution is 5.92. The summed E-state index contributed by atoms with van der Waals surface area (Å²) in [6.45, 7) is 10.0. The van der Waals surface area contributed by atoms with Crippen molar-refractivity contribution in [1.82, 2.24) is 5.48 Å². The van der Waals surface area contributed by atoms with Crippen molar-refractivity contribution in [2.45, 2.75) is 27.7 Å². The van der Waals surface area contributed by atoms with E-state index in [2.05, 4.69) is 11.4 Å². The molecule has 0 saturated carbocycles. The summed E-state index contributed by atoms with van der Waals surface area (Å²) < 4.78 is 0. The van der Waals surface area contributed by atoms with Gasteiger partial charge in [0.25, 0.3) is 5.91 Å². The summed E-state index contributed by atoms with van der Waals surface area (Å²) in [5.41, 5.74) is 1.67. The Hall–Kier alpha value is -1.32. The van der Waals surface area contributed by atoms with Crippen LogP contribution in [-0.2, 0) is 14.4 Å². The Labute approximate surface area is 77.9 Å². The molecule has 0 unspecified atom stereocenters. The normalized spacial score (nSPS) is 10.5. The highest BCUT2D eigenvalue weighted by Gasteiger charge is 2.24. The standard InChI is InChI=1S/C9H15NO3/c1-6(2)7(11)10-13-8(12)9(3,4)5/h1H2,2-5H3,(H,10,11). The summed E-state index contributed by atoms with van der Waals surface area (Å²) in [6, 6.07) is 0. The second kappa shape index (κ2) is 4.07. The lowest BCUT2D eigenvalue weighted by Crippen LogP contribution is -2.33. The summed E-state index contributed by atoms with van der Waals surface area (Å²) in [7, 11) is 0. The fraction of sp³-hybridized carbons (Fsp3) is 0.556. The Balaban J connectivity index is 3.99. The van der Waals surface area contributed by atoms with Crippen molar-refractivity contribution in [3.8, 4) is 0 Å². The van der Waals surface area contributed by atoms with Crippen LogP contribution >= 0.6 is 0 Å². The number of nitrogens with one attached hydrogen (secondary N) is 1. The largest absolute Gasteiger partial charge is 0.340 e. The molecule has 13 heavy (non-hydrogen) atoms. The van der Waals surface area contributed by atoms with Crippen molar-refractivity contribution in [1.29, 1.82) is 0 Å². The fourth-order valence-corrected chi connectivity index (χ4v) is 0.333. The number of rotatable bonds is 1. The van der Waals surface area contributed by atoms with Crippen LogP contribution in [-0.4, -0.2) is 11.9 Å². The van der Waals surface area contributed by atoms with Gasteiger partial charge in [-0.25, -0.2) is 4.79 Å². The first kappa shape index (κ1) is 11.7. The van der Waals surface area contributed by atoms with Gasteiger partial charge in [0.1, 0.15) is 0 Å². The second-order valence-corrected chi connectivity index (χ2v) is 3.85. The van der Waals surface area contributed by atoms with E-state index >= 15 is 0 Å². The van der Waals surface area contributed by atoms with Crippen LogP contribution in [0.3, 0.4) is 0 Å². The van der Waals surface area contributed by atoms with Gasteiger partial charge in [-0.2, -0.15) is 5.48 Å². The zero-order chi connectivity index (χ0) is 10.6. The van der Waals surface area contributed by atoms with E-state index < -0.39 is 17.3 Å². The number of hydrogen-bond acceptors (Lipinski definition) is 3. The predicted molar refractivity (Wildman–Crippen MR) is 48.5 cm³/mol. The van der Waals surface area contributed by atoms with E-state index in [0.717, 1.165) is 0 Å². The van der Waals surface area contributed by atoms with Crippen LogP contribution in [0.15, 0.2) is 12.2 Å². The molecular weight excluding hydrogens is 170 g/mol. The van der Waals surface area contributed by atoms with Gasteiger partial charge in [-0.05, 0) is 27.7 Å². The number of hydrogen-bond donors (Lipinski definition) is 1. The zero-order valence-corrected chi connectivity index (χ0v) is 8.43. The van der Waals surface area contributed by atoms with Crippen molar-refractivity contribution < 1.29 is 14.4 Å². The summed E-state index contributed by atoms with van der Waals surface area (Å²) in [6.07, 6.45) is 0. The van der Waals surface area contributed by atoms with Gasteiger partial charge in [0.15, 0.2) is 0 Å². The quantitative estimate of drug-likeness (QED) is 0.493. The van der Waals surface area contributed by atoms with E-state index in [4.69, 9.17) is 0 Å². The molecule has 0 heterocycles. The molecule has 0 aromatic carbocycles. The molecule has 1 N–H and O–H groups in total. The topological polar surface area (TPSA) is 55.4 Å². The van der Waals surface area contributed by atoms with E-state index in [1.807, 2.05) is 5.48 Å². The van der Waals surface area contributed by atoms with Gasteiger partial charge < -0.3 is 4.84 Å². The molecule has 0 rings (SSSR count). The third-order valence-corrected chi connectivity index (χ3v) is 1.24. The zero-order valence-electron chi connectivity index (χ0n) is 8.43. The molecule has 0 fully saturated rings. The number of carbonyl (C=O) groups is 2. The van der Waals surface area contributed by atoms with Crippen LogP contribution in [0.1, 0.15) is 27.7 Å². The summed E-state index contributed by atoms with van der Waals surface area (Å²) >= 11 is 0. The molecule has 74 valence electrons. The van der Waals surface area contributed by atoms with Crippen molar-refractivity contribution in [3.05, 3.63) is 12.2 Å². The third kappa shape index (κ3) is 4.30. The molecule has 0 aliphatic carbocycles. The average molecular weight is 185 g/mol. The molecule has 0 atom stereocenters. The van der Waals surface area contributed by atoms with Crippen molar-refractivity contribution in [2.75, 3.05) is 0 Å². The third-order valence-electron chi connectivity index (χ3n) is 1.24.